The van der Waals surface area contributed by atoms with Crippen molar-refractivity contribution in [3.8, 4) is 6.07 Å². The van der Waals surface area contributed by atoms with Gasteiger partial charge in [0.2, 0.25) is 10.0 Å². The molecule has 0 aliphatic heterocycles. The van der Waals surface area contributed by atoms with Crippen molar-refractivity contribution in [2.24, 2.45) is 0 Å². The number of aromatic nitrogens is 1. The Morgan fingerprint density at radius 1 is 1.50 bits per heavy atom. The van der Waals surface area contributed by atoms with Crippen molar-refractivity contribution in [3.63, 3.8) is 0 Å². The van der Waals surface area contributed by atoms with Gasteiger partial charge in [-0.3, -0.25) is 0 Å². The zero-order valence-electron chi connectivity index (χ0n) is 8.97. The van der Waals surface area contributed by atoms with E-state index in [0.29, 0.717) is 6.54 Å². The number of unbranched alkanes of at least 4 members (excludes halogenated alkanes) is 1. The summed E-state index contributed by atoms with van der Waals surface area (Å²) >= 11 is 0. The largest absolute Gasteiger partial charge is 0.244 e. The predicted molar refractivity (Wildman–Crippen MR) is 59.0 cm³/mol. The summed E-state index contributed by atoms with van der Waals surface area (Å²) in [6.07, 6.45) is 2.91. The van der Waals surface area contributed by atoms with Crippen LogP contribution in [0.3, 0.4) is 0 Å². The fraction of sp³-hybridized carbons (Fsp3) is 0.400. The molecule has 1 rings (SSSR count). The van der Waals surface area contributed by atoms with Gasteiger partial charge in [0.25, 0.3) is 0 Å². The Hall–Kier alpha value is -1.45. The van der Waals surface area contributed by atoms with Crippen molar-refractivity contribution in [1.82, 2.24) is 9.71 Å². The lowest BCUT2D eigenvalue weighted by Gasteiger charge is -2.05. The molecule has 16 heavy (non-hydrogen) atoms. The summed E-state index contributed by atoms with van der Waals surface area (Å²) in [4.78, 5) is 3.80. The third kappa shape index (κ3) is 3.29. The van der Waals surface area contributed by atoms with Crippen LogP contribution in [0.15, 0.2) is 23.2 Å². The minimum Gasteiger partial charge on any atom is -0.244 e. The number of nitrogens with one attached hydrogen (secondary N) is 1. The van der Waals surface area contributed by atoms with Crippen LogP contribution in [-0.2, 0) is 10.0 Å². The van der Waals surface area contributed by atoms with E-state index in [2.05, 4.69) is 9.71 Å². The van der Waals surface area contributed by atoms with E-state index < -0.39 is 10.0 Å². The number of nitriles is 1. The Labute approximate surface area is 95.2 Å². The Balaban J connectivity index is 2.79. The molecule has 0 aliphatic rings. The van der Waals surface area contributed by atoms with Crippen molar-refractivity contribution in [2.45, 2.75) is 24.7 Å². The van der Waals surface area contributed by atoms with E-state index in [1.807, 2.05) is 13.0 Å². The Morgan fingerprint density at radius 3 is 2.75 bits per heavy atom. The summed E-state index contributed by atoms with van der Waals surface area (Å²) in [6, 6.07) is 4.59. The highest BCUT2D eigenvalue weighted by Crippen LogP contribution is 2.07. The molecule has 0 saturated carbocycles. The topological polar surface area (TPSA) is 82.9 Å². The number of rotatable bonds is 5. The van der Waals surface area contributed by atoms with Crippen LogP contribution in [0.2, 0.25) is 0 Å². The van der Waals surface area contributed by atoms with E-state index in [4.69, 9.17) is 5.26 Å². The molecular formula is C10H13N3O2S. The summed E-state index contributed by atoms with van der Waals surface area (Å²) in [5.41, 5.74) is 0.201. The van der Waals surface area contributed by atoms with Crippen molar-refractivity contribution in [2.75, 3.05) is 6.54 Å². The van der Waals surface area contributed by atoms with Gasteiger partial charge in [0, 0.05) is 12.7 Å². The monoisotopic (exact) mass is 239 g/mol. The van der Waals surface area contributed by atoms with Crippen LogP contribution in [0.4, 0.5) is 0 Å². The van der Waals surface area contributed by atoms with E-state index in [1.165, 1.54) is 18.3 Å². The summed E-state index contributed by atoms with van der Waals surface area (Å²) in [7, 11) is -3.48. The maximum atomic E-state index is 11.7. The van der Waals surface area contributed by atoms with Crippen LogP contribution < -0.4 is 4.72 Å². The Bertz CT molecular complexity index is 474. The average Bonchev–Trinajstić information content (AvgIpc) is 2.29. The zero-order chi connectivity index (χ0) is 12.0. The van der Waals surface area contributed by atoms with E-state index in [1.54, 1.807) is 0 Å². The molecular weight excluding hydrogens is 226 g/mol. The lowest BCUT2D eigenvalue weighted by Crippen LogP contribution is -2.24. The van der Waals surface area contributed by atoms with Crippen molar-refractivity contribution < 1.29 is 8.42 Å². The van der Waals surface area contributed by atoms with Gasteiger partial charge in [-0.05, 0) is 18.6 Å². The van der Waals surface area contributed by atoms with Gasteiger partial charge in [-0.1, -0.05) is 13.3 Å². The van der Waals surface area contributed by atoms with Gasteiger partial charge in [0.05, 0.1) is 0 Å². The van der Waals surface area contributed by atoms with Gasteiger partial charge in [-0.2, -0.15) is 5.26 Å². The van der Waals surface area contributed by atoms with Crippen LogP contribution in [0.25, 0.3) is 0 Å². The number of hydrogen-bond acceptors (Lipinski definition) is 4. The van der Waals surface area contributed by atoms with Gasteiger partial charge in [-0.25, -0.2) is 18.1 Å². The van der Waals surface area contributed by atoms with E-state index in [0.717, 1.165) is 12.8 Å². The highest BCUT2D eigenvalue weighted by molar-refractivity contribution is 7.89. The van der Waals surface area contributed by atoms with E-state index >= 15 is 0 Å². The molecule has 1 aromatic heterocycles. The lowest BCUT2D eigenvalue weighted by atomic mass is 10.3. The third-order valence-electron chi connectivity index (χ3n) is 1.98. The molecule has 0 amide bonds. The first kappa shape index (κ1) is 12.6. The summed E-state index contributed by atoms with van der Waals surface area (Å²) < 4.78 is 25.8. The van der Waals surface area contributed by atoms with Gasteiger partial charge in [0.1, 0.15) is 16.7 Å². The van der Waals surface area contributed by atoms with Gasteiger partial charge < -0.3 is 0 Å². The summed E-state index contributed by atoms with van der Waals surface area (Å²) in [6.45, 7) is 2.40. The molecule has 0 saturated heterocycles. The standard InChI is InChI=1S/C10H13N3O2S/c1-2-3-6-13-16(14,15)10-5-4-9(7-11)12-8-10/h4-5,8,13H,2-3,6H2,1H3. The first-order valence-corrected chi connectivity index (χ1v) is 6.44. The molecule has 5 nitrogen and oxygen atoms in total. The molecule has 0 fully saturated rings. The quantitative estimate of drug-likeness (QED) is 0.778. The molecule has 0 bridgehead atoms. The highest BCUT2D eigenvalue weighted by Gasteiger charge is 2.13. The smallest absolute Gasteiger partial charge is 0.242 e. The number of nitrogens with zero attached hydrogens (tertiary/aromatic N) is 2. The van der Waals surface area contributed by atoms with Crippen molar-refractivity contribution >= 4 is 10.0 Å². The molecule has 86 valence electrons. The molecule has 1 N–H and O–H groups in total. The molecule has 1 aromatic rings. The van der Waals surface area contributed by atoms with E-state index in [9.17, 15) is 8.42 Å². The molecule has 6 heteroatoms. The summed E-state index contributed by atoms with van der Waals surface area (Å²) in [5.74, 6) is 0. The highest BCUT2D eigenvalue weighted by atomic mass is 32.2. The fourth-order valence-corrected chi connectivity index (χ4v) is 2.09. The second-order valence-corrected chi connectivity index (χ2v) is 5.01. The molecule has 0 aromatic carbocycles. The molecule has 0 aliphatic carbocycles. The first-order chi connectivity index (χ1) is 7.60. The van der Waals surface area contributed by atoms with Crippen LogP contribution >= 0.6 is 0 Å². The maximum Gasteiger partial charge on any atom is 0.242 e. The zero-order valence-corrected chi connectivity index (χ0v) is 9.79. The van der Waals surface area contributed by atoms with Crippen LogP contribution in [0.1, 0.15) is 25.5 Å². The Kier molecular flexibility index (Phi) is 4.40. The minimum absolute atomic E-state index is 0.0857. The van der Waals surface area contributed by atoms with Crippen LogP contribution in [-0.4, -0.2) is 19.9 Å². The average molecular weight is 239 g/mol. The maximum absolute atomic E-state index is 11.7. The predicted octanol–water partition coefficient (Wildman–Crippen LogP) is 1.03. The fourth-order valence-electron chi connectivity index (χ4n) is 1.07. The number of pyridine rings is 1. The third-order valence-corrected chi connectivity index (χ3v) is 3.43. The van der Waals surface area contributed by atoms with Gasteiger partial charge >= 0.3 is 0 Å². The van der Waals surface area contributed by atoms with E-state index in [-0.39, 0.29) is 10.6 Å². The first-order valence-electron chi connectivity index (χ1n) is 4.96. The van der Waals surface area contributed by atoms with Gasteiger partial charge in [0.15, 0.2) is 0 Å². The number of sulfonamides is 1. The Morgan fingerprint density at radius 2 is 2.25 bits per heavy atom. The molecule has 0 atom stereocenters. The van der Waals surface area contributed by atoms with Crippen molar-refractivity contribution in [1.29, 1.82) is 5.26 Å². The molecule has 0 unspecified atom stereocenters. The summed E-state index contributed by atoms with van der Waals surface area (Å²) in [5, 5.41) is 8.53. The second-order valence-electron chi connectivity index (χ2n) is 3.24. The molecule has 1 heterocycles. The van der Waals surface area contributed by atoms with Crippen molar-refractivity contribution in [3.05, 3.63) is 24.0 Å². The molecule has 0 radical (unpaired) electrons. The van der Waals surface area contributed by atoms with Gasteiger partial charge in [-0.15, -0.1) is 0 Å². The SMILES string of the molecule is CCCCNS(=O)(=O)c1ccc(C#N)nc1. The second kappa shape index (κ2) is 5.58. The normalized spacial score (nSPS) is 11.0. The van der Waals surface area contributed by atoms with Crippen LogP contribution in [0.5, 0.6) is 0 Å². The molecule has 0 spiro atoms. The lowest BCUT2D eigenvalue weighted by molar-refractivity contribution is 0.578. The van der Waals surface area contributed by atoms with Crippen LogP contribution in [0, 0.1) is 11.3 Å². The minimum atomic E-state index is -3.48. The number of hydrogen-bond donors (Lipinski definition) is 1.